The van der Waals surface area contributed by atoms with Crippen molar-refractivity contribution in [2.24, 2.45) is 0 Å². The minimum Gasteiger partial charge on any atom is -0.395 e. The van der Waals surface area contributed by atoms with E-state index in [-0.39, 0.29) is 18.7 Å². The molecule has 0 aliphatic rings. The van der Waals surface area contributed by atoms with Gasteiger partial charge in [-0.1, -0.05) is 38.1 Å². The lowest BCUT2D eigenvalue weighted by molar-refractivity contribution is 0.218. The maximum absolute atomic E-state index is 12.0. The highest BCUT2D eigenvalue weighted by molar-refractivity contribution is 5.28. The zero-order chi connectivity index (χ0) is 10.6. The summed E-state index contributed by atoms with van der Waals surface area (Å²) in [5, 5.41) is 9.16. The topological polar surface area (TPSA) is 20.2 Å². The zero-order valence-electron chi connectivity index (χ0n) is 8.76. The number of aliphatic hydroxyl groups is 1. The Hall–Kier alpha value is -0.890. The Kier molecular flexibility index (Phi) is 3.64. The van der Waals surface area contributed by atoms with Gasteiger partial charge in [-0.05, 0) is 11.1 Å². The fourth-order valence-electron chi connectivity index (χ4n) is 1.32. The van der Waals surface area contributed by atoms with E-state index in [9.17, 15) is 4.39 Å². The van der Waals surface area contributed by atoms with E-state index in [2.05, 4.69) is 0 Å². The molecule has 0 fully saturated rings. The molecule has 1 aromatic carbocycles. The fraction of sp³-hybridized carbons (Fsp3) is 0.500. The number of rotatable bonds is 4. The normalized spacial score (nSPS) is 11.7. The van der Waals surface area contributed by atoms with E-state index < -0.39 is 0 Å². The van der Waals surface area contributed by atoms with Crippen molar-refractivity contribution in [3.05, 3.63) is 35.4 Å². The number of aliphatic hydroxyl groups excluding tert-OH is 1. The minimum atomic E-state index is -0.317. The second-order valence-electron chi connectivity index (χ2n) is 4.18. The van der Waals surface area contributed by atoms with Crippen molar-refractivity contribution in [1.82, 2.24) is 0 Å². The molecule has 1 nitrogen and oxygen atoms in total. The standard InChI is InChI=1S/C12H17FO/c1-12(2,9-14)11-5-3-10(4-6-11)7-8-13/h3-6,14H,7-9H2,1-2H3. The zero-order valence-corrected chi connectivity index (χ0v) is 8.76. The van der Waals surface area contributed by atoms with E-state index in [1.165, 1.54) is 0 Å². The van der Waals surface area contributed by atoms with Crippen LogP contribution in [0, 0.1) is 0 Å². The van der Waals surface area contributed by atoms with Crippen LogP contribution in [0.2, 0.25) is 0 Å². The minimum absolute atomic E-state index is 0.120. The molecule has 2 heteroatoms. The van der Waals surface area contributed by atoms with Gasteiger partial charge in [0.25, 0.3) is 0 Å². The van der Waals surface area contributed by atoms with Crippen LogP contribution < -0.4 is 0 Å². The van der Waals surface area contributed by atoms with E-state index in [0.717, 1.165) is 11.1 Å². The van der Waals surface area contributed by atoms with Crippen LogP contribution in [0.1, 0.15) is 25.0 Å². The van der Waals surface area contributed by atoms with Crippen molar-refractivity contribution in [2.75, 3.05) is 13.3 Å². The second-order valence-corrected chi connectivity index (χ2v) is 4.18. The molecule has 78 valence electrons. The summed E-state index contributed by atoms with van der Waals surface area (Å²) in [6.07, 6.45) is 0.472. The summed E-state index contributed by atoms with van der Waals surface area (Å²) in [4.78, 5) is 0. The summed E-state index contributed by atoms with van der Waals surface area (Å²) in [6, 6.07) is 7.76. The van der Waals surface area contributed by atoms with E-state index in [1.807, 2.05) is 38.1 Å². The first-order valence-corrected chi connectivity index (χ1v) is 4.86. The smallest absolute Gasteiger partial charge is 0.0934 e. The van der Waals surface area contributed by atoms with Crippen LogP contribution in [-0.2, 0) is 11.8 Å². The highest BCUT2D eigenvalue weighted by Gasteiger charge is 2.18. The van der Waals surface area contributed by atoms with Crippen molar-refractivity contribution in [2.45, 2.75) is 25.7 Å². The lowest BCUT2D eigenvalue weighted by Crippen LogP contribution is -2.21. The first-order valence-electron chi connectivity index (χ1n) is 4.86. The maximum Gasteiger partial charge on any atom is 0.0934 e. The Bertz CT molecular complexity index is 277. The molecule has 1 N–H and O–H groups in total. The van der Waals surface area contributed by atoms with E-state index in [4.69, 9.17) is 5.11 Å². The highest BCUT2D eigenvalue weighted by atomic mass is 19.1. The van der Waals surface area contributed by atoms with Crippen LogP contribution in [0.25, 0.3) is 0 Å². The molecule has 1 rings (SSSR count). The molecular formula is C12H17FO. The van der Waals surface area contributed by atoms with Crippen LogP contribution in [-0.4, -0.2) is 18.4 Å². The van der Waals surface area contributed by atoms with Gasteiger partial charge in [-0.3, -0.25) is 4.39 Å². The molecule has 0 amide bonds. The maximum atomic E-state index is 12.0. The largest absolute Gasteiger partial charge is 0.395 e. The summed E-state index contributed by atoms with van der Waals surface area (Å²) < 4.78 is 12.0. The van der Waals surface area contributed by atoms with Crippen molar-refractivity contribution in [1.29, 1.82) is 0 Å². The van der Waals surface area contributed by atoms with Crippen molar-refractivity contribution < 1.29 is 9.50 Å². The van der Waals surface area contributed by atoms with Gasteiger partial charge in [0.15, 0.2) is 0 Å². The summed E-state index contributed by atoms with van der Waals surface area (Å²) in [7, 11) is 0. The Labute approximate surface area is 84.6 Å². The Morgan fingerprint density at radius 3 is 2.21 bits per heavy atom. The molecule has 0 bridgehead atoms. The summed E-state index contributed by atoms with van der Waals surface area (Å²) in [6.45, 7) is 3.77. The van der Waals surface area contributed by atoms with Gasteiger partial charge in [-0.2, -0.15) is 0 Å². The molecular weight excluding hydrogens is 179 g/mol. The van der Waals surface area contributed by atoms with Gasteiger partial charge in [-0.15, -0.1) is 0 Å². The molecule has 0 aliphatic carbocycles. The molecule has 14 heavy (non-hydrogen) atoms. The Morgan fingerprint density at radius 2 is 1.79 bits per heavy atom. The predicted octanol–water partition coefficient (Wildman–Crippen LogP) is 2.47. The van der Waals surface area contributed by atoms with Crippen LogP contribution in [0.5, 0.6) is 0 Å². The lowest BCUT2D eigenvalue weighted by Gasteiger charge is -2.22. The third-order valence-electron chi connectivity index (χ3n) is 2.51. The third kappa shape index (κ3) is 2.55. The molecule has 0 saturated carbocycles. The van der Waals surface area contributed by atoms with E-state index in [1.54, 1.807) is 0 Å². The first kappa shape index (κ1) is 11.2. The second kappa shape index (κ2) is 4.56. The molecule has 0 radical (unpaired) electrons. The van der Waals surface area contributed by atoms with E-state index in [0.29, 0.717) is 6.42 Å². The average Bonchev–Trinajstić information content (AvgIpc) is 2.19. The number of alkyl halides is 1. The van der Waals surface area contributed by atoms with Gasteiger partial charge in [0.05, 0.1) is 13.3 Å². The quantitative estimate of drug-likeness (QED) is 0.784. The van der Waals surface area contributed by atoms with Crippen LogP contribution in [0.3, 0.4) is 0 Å². The lowest BCUT2D eigenvalue weighted by atomic mass is 9.85. The molecule has 0 aliphatic heterocycles. The summed E-state index contributed by atoms with van der Waals surface area (Å²) >= 11 is 0. The van der Waals surface area contributed by atoms with Crippen LogP contribution in [0.4, 0.5) is 4.39 Å². The van der Waals surface area contributed by atoms with Gasteiger partial charge in [0.2, 0.25) is 0 Å². The monoisotopic (exact) mass is 196 g/mol. The Balaban J connectivity index is 2.82. The molecule has 0 atom stereocenters. The fourth-order valence-corrected chi connectivity index (χ4v) is 1.32. The van der Waals surface area contributed by atoms with Crippen molar-refractivity contribution >= 4 is 0 Å². The SMILES string of the molecule is CC(C)(CO)c1ccc(CCF)cc1. The predicted molar refractivity (Wildman–Crippen MR) is 56.2 cm³/mol. The van der Waals surface area contributed by atoms with Gasteiger partial charge in [0.1, 0.15) is 0 Å². The number of halogens is 1. The van der Waals surface area contributed by atoms with Gasteiger partial charge in [-0.25, -0.2) is 0 Å². The van der Waals surface area contributed by atoms with Crippen LogP contribution >= 0.6 is 0 Å². The summed E-state index contributed by atoms with van der Waals surface area (Å²) in [5.74, 6) is 0. The van der Waals surface area contributed by atoms with Gasteiger partial charge < -0.3 is 5.11 Å². The number of hydrogen-bond donors (Lipinski definition) is 1. The van der Waals surface area contributed by atoms with Crippen LogP contribution in [0.15, 0.2) is 24.3 Å². The molecule has 0 spiro atoms. The molecule has 1 aromatic rings. The third-order valence-corrected chi connectivity index (χ3v) is 2.51. The van der Waals surface area contributed by atoms with Crippen molar-refractivity contribution in [3.8, 4) is 0 Å². The molecule has 0 saturated heterocycles. The highest BCUT2D eigenvalue weighted by Crippen LogP contribution is 2.22. The Morgan fingerprint density at radius 1 is 1.21 bits per heavy atom. The van der Waals surface area contributed by atoms with Gasteiger partial charge >= 0.3 is 0 Å². The molecule has 0 aromatic heterocycles. The average molecular weight is 196 g/mol. The van der Waals surface area contributed by atoms with Gasteiger partial charge in [0, 0.05) is 11.8 Å². The molecule has 0 unspecified atom stereocenters. The number of aryl methyl sites for hydroxylation is 1. The van der Waals surface area contributed by atoms with Crippen molar-refractivity contribution in [3.63, 3.8) is 0 Å². The van der Waals surface area contributed by atoms with E-state index >= 15 is 0 Å². The number of hydrogen-bond acceptors (Lipinski definition) is 1. The molecule has 0 heterocycles. The summed E-state index contributed by atoms with van der Waals surface area (Å²) in [5.41, 5.74) is 1.88. The first-order chi connectivity index (χ1) is 6.60. The number of benzene rings is 1.